The second kappa shape index (κ2) is 2.92. The molecule has 0 aliphatic heterocycles. The number of methoxy groups -OCH3 is 1. The summed E-state index contributed by atoms with van der Waals surface area (Å²) >= 11 is 0. The maximum atomic E-state index is 9.09. The molecular weight excluding hydrogens is 144 g/mol. The van der Waals surface area contributed by atoms with Crippen molar-refractivity contribution >= 4 is 0 Å². The minimum absolute atomic E-state index is 0.0453. The van der Waals surface area contributed by atoms with Gasteiger partial charge in [-0.15, -0.1) is 0 Å². The van der Waals surface area contributed by atoms with E-state index in [9.17, 15) is 0 Å². The summed E-state index contributed by atoms with van der Waals surface area (Å²) in [5.74, 6) is 0.700. The predicted octanol–water partition coefficient (Wildman–Crippen LogP) is 1.13. The lowest BCUT2D eigenvalue weighted by atomic mass is 10.4. The van der Waals surface area contributed by atoms with Gasteiger partial charge in [0.05, 0.1) is 5.69 Å². The van der Waals surface area contributed by atoms with Crippen molar-refractivity contribution in [3.05, 3.63) is 11.5 Å². The number of ether oxygens (including phenoxy) is 1. The van der Waals surface area contributed by atoms with Gasteiger partial charge in [0.1, 0.15) is 11.9 Å². The summed E-state index contributed by atoms with van der Waals surface area (Å²) in [5.41, 5.74) is 0.670. The zero-order valence-electron chi connectivity index (χ0n) is 6.88. The molecular formula is C7H12N2O2. The monoisotopic (exact) mass is 156 g/mol. The van der Waals surface area contributed by atoms with Crippen LogP contribution in [0.1, 0.15) is 24.5 Å². The summed E-state index contributed by atoms with van der Waals surface area (Å²) in [6, 6.07) is 0. The lowest BCUT2D eigenvalue weighted by molar-refractivity contribution is 0.112. The highest BCUT2D eigenvalue weighted by atomic mass is 16.5. The van der Waals surface area contributed by atoms with Crippen LogP contribution >= 0.6 is 0 Å². The summed E-state index contributed by atoms with van der Waals surface area (Å²) in [6.45, 7) is 3.62. The molecule has 1 heterocycles. The molecule has 2 N–H and O–H groups in total. The molecule has 1 unspecified atom stereocenters. The number of rotatable bonds is 2. The number of aromatic hydroxyl groups is 1. The number of hydrogen-bond acceptors (Lipinski definition) is 3. The molecule has 0 saturated carbocycles. The largest absolute Gasteiger partial charge is 0.492 e. The number of aromatic amines is 1. The molecule has 0 saturated heterocycles. The Morgan fingerprint density at radius 2 is 2.27 bits per heavy atom. The first kappa shape index (κ1) is 8.07. The Bertz CT molecular complexity index is 225. The van der Waals surface area contributed by atoms with Gasteiger partial charge >= 0.3 is 0 Å². The van der Waals surface area contributed by atoms with E-state index < -0.39 is 0 Å². The van der Waals surface area contributed by atoms with Gasteiger partial charge in [0, 0.05) is 7.11 Å². The van der Waals surface area contributed by atoms with Gasteiger partial charge < -0.3 is 14.8 Å². The van der Waals surface area contributed by atoms with Crippen molar-refractivity contribution in [1.82, 2.24) is 9.97 Å². The van der Waals surface area contributed by atoms with Gasteiger partial charge in [0.15, 0.2) is 0 Å². The molecule has 1 atom stereocenters. The molecule has 0 spiro atoms. The zero-order valence-corrected chi connectivity index (χ0v) is 6.88. The third-order valence-corrected chi connectivity index (χ3v) is 1.62. The highest BCUT2D eigenvalue weighted by Gasteiger charge is 2.10. The van der Waals surface area contributed by atoms with Crippen molar-refractivity contribution in [3.63, 3.8) is 0 Å². The Morgan fingerprint density at radius 1 is 1.64 bits per heavy atom. The van der Waals surface area contributed by atoms with Crippen molar-refractivity contribution in [1.29, 1.82) is 0 Å². The molecule has 4 heteroatoms. The van der Waals surface area contributed by atoms with E-state index in [1.807, 2.05) is 6.92 Å². The SMILES string of the molecule is COC(C)c1nc(O)c(C)[nH]1. The third-order valence-electron chi connectivity index (χ3n) is 1.62. The molecule has 0 aliphatic rings. The Kier molecular flexibility index (Phi) is 2.14. The van der Waals surface area contributed by atoms with Gasteiger partial charge in [-0.2, -0.15) is 4.98 Å². The van der Waals surface area contributed by atoms with Crippen molar-refractivity contribution in [2.45, 2.75) is 20.0 Å². The molecule has 62 valence electrons. The van der Waals surface area contributed by atoms with Crippen LogP contribution in [0, 0.1) is 6.92 Å². The first-order valence-electron chi connectivity index (χ1n) is 3.43. The first-order chi connectivity index (χ1) is 5.15. The highest BCUT2D eigenvalue weighted by molar-refractivity contribution is 5.18. The number of H-pyrrole nitrogens is 1. The Morgan fingerprint density at radius 3 is 2.64 bits per heavy atom. The average molecular weight is 156 g/mol. The Labute approximate surface area is 65.2 Å². The first-order valence-corrected chi connectivity index (χ1v) is 3.43. The molecule has 0 amide bonds. The molecule has 1 aromatic heterocycles. The summed E-state index contributed by atoms with van der Waals surface area (Å²) < 4.78 is 5.00. The maximum Gasteiger partial charge on any atom is 0.232 e. The quantitative estimate of drug-likeness (QED) is 0.674. The van der Waals surface area contributed by atoms with E-state index >= 15 is 0 Å². The van der Waals surface area contributed by atoms with Gasteiger partial charge in [-0.1, -0.05) is 0 Å². The van der Waals surface area contributed by atoms with Crippen LogP contribution in [-0.4, -0.2) is 22.2 Å². The summed E-state index contributed by atoms with van der Waals surface area (Å²) in [7, 11) is 1.60. The number of nitrogens with one attached hydrogen (secondary N) is 1. The standard InChI is InChI=1S/C7H12N2O2/c1-4-7(10)9-6(8-4)5(2)11-3/h5,10H,1-3H3,(H,8,9). The van der Waals surface area contributed by atoms with Crippen LogP contribution in [0.25, 0.3) is 0 Å². The molecule has 4 nitrogen and oxygen atoms in total. The van der Waals surface area contributed by atoms with Crippen molar-refractivity contribution in [3.8, 4) is 5.88 Å². The van der Waals surface area contributed by atoms with Crippen molar-refractivity contribution in [2.75, 3.05) is 7.11 Å². The fraction of sp³-hybridized carbons (Fsp3) is 0.571. The maximum absolute atomic E-state index is 9.09. The smallest absolute Gasteiger partial charge is 0.232 e. The summed E-state index contributed by atoms with van der Waals surface area (Å²) in [6.07, 6.45) is -0.102. The summed E-state index contributed by atoms with van der Waals surface area (Å²) in [4.78, 5) is 6.76. The van der Waals surface area contributed by atoms with Gasteiger partial charge in [0.25, 0.3) is 0 Å². The minimum atomic E-state index is -0.102. The minimum Gasteiger partial charge on any atom is -0.492 e. The van der Waals surface area contributed by atoms with Gasteiger partial charge in [-0.25, -0.2) is 0 Å². The van der Waals surface area contributed by atoms with E-state index in [2.05, 4.69) is 9.97 Å². The number of aromatic nitrogens is 2. The van der Waals surface area contributed by atoms with E-state index in [0.717, 1.165) is 0 Å². The van der Waals surface area contributed by atoms with E-state index in [-0.39, 0.29) is 12.0 Å². The second-order valence-corrected chi connectivity index (χ2v) is 2.45. The van der Waals surface area contributed by atoms with Gasteiger partial charge in [-0.05, 0) is 13.8 Å². The van der Waals surface area contributed by atoms with Crippen LogP contribution < -0.4 is 0 Å². The second-order valence-electron chi connectivity index (χ2n) is 2.45. The summed E-state index contributed by atoms with van der Waals surface area (Å²) in [5, 5.41) is 9.09. The zero-order chi connectivity index (χ0) is 8.43. The number of hydrogen-bond donors (Lipinski definition) is 2. The molecule has 0 bridgehead atoms. The third kappa shape index (κ3) is 1.51. The van der Waals surface area contributed by atoms with Crippen LogP contribution in [0.15, 0.2) is 0 Å². The van der Waals surface area contributed by atoms with Crippen LogP contribution in [0.2, 0.25) is 0 Å². The van der Waals surface area contributed by atoms with E-state index in [1.165, 1.54) is 0 Å². The van der Waals surface area contributed by atoms with Crippen LogP contribution in [-0.2, 0) is 4.74 Å². The molecule has 0 radical (unpaired) electrons. The molecule has 0 fully saturated rings. The Hall–Kier alpha value is -1.03. The van der Waals surface area contributed by atoms with E-state index in [4.69, 9.17) is 9.84 Å². The fourth-order valence-corrected chi connectivity index (χ4v) is 0.778. The lowest BCUT2D eigenvalue weighted by Gasteiger charge is -2.03. The average Bonchev–Trinajstić information content (AvgIpc) is 2.31. The number of aryl methyl sites for hydroxylation is 1. The Balaban J connectivity index is 2.88. The van der Waals surface area contributed by atoms with E-state index in [1.54, 1.807) is 14.0 Å². The fourth-order valence-electron chi connectivity index (χ4n) is 0.778. The van der Waals surface area contributed by atoms with Crippen molar-refractivity contribution in [2.24, 2.45) is 0 Å². The van der Waals surface area contributed by atoms with Crippen molar-refractivity contribution < 1.29 is 9.84 Å². The molecule has 1 rings (SSSR count). The van der Waals surface area contributed by atoms with Gasteiger partial charge in [-0.3, -0.25) is 0 Å². The molecule has 0 aliphatic carbocycles. The topological polar surface area (TPSA) is 58.1 Å². The van der Waals surface area contributed by atoms with Crippen LogP contribution in [0.3, 0.4) is 0 Å². The number of nitrogens with zero attached hydrogens (tertiary/aromatic N) is 1. The van der Waals surface area contributed by atoms with Gasteiger partial charge in [0.2, 0.25) is 5.88 Å². The highest BCUT2D eigenvalue weighted by Crippen LogP contribution is 2.17. The molecule has 1 aromatic rings. The molecule has 11 heavy (non-hydrogen) atoms. The van der Waals surface area contributed by atoms with Crippen LogP contribution in [0.5, 0.6) is 5.88 Å². The van der Waals surface area contributed by atoms with Crippen LogP contribution in [0.4, 0.5) is 0 Å². The molecule has 0 aromatic carbocycles. The normalized spacial score (nSPS) is 13.4. The number of imidazole rings is 1. The van der Waals surface area contributed by atoms with E-state index in [0.29, 0.717) is 11.5 Å². The predicted molar refractivity (Wildman–Crippen MR) is 40.4 cm³/mol. The lowest BCUT2D eigenvalue weighted by Crippen LogP contribution is -1.97.